The summed E-state index contributed by atoms with van der Waals surface area (Å²) in [6.07, 6.45) is 7.48. The predicted molar refractivity (Wildman–Crippen MR) is 123 cm³/mol. The van der Waals surface area contributed by atoms with Gasteiger partial charge in [0.2, 0.25) is 11.8 Å². The Morgan fingerprint density at radius 2 is 1.82 bits per heavy atom. The highest BCUT2D eigenvalue weighted by Gasteiger charge is 2.21. The minimum atomic E-state index is -3.67. The van der Waals surface area contributed by atoms with Crippen LogP contribution in [0.2, 0.25) is 0 Å². The van der Waals surface area contributed by atoms with Gasteiger partial charge in [-0.3, -0.25) is 4.68 Å². The van der Waals surface area contributed by atoms with Crippen molar-refractivity contribution < 1.29 is 22.6 Å². The summed E-state index contributed by atoms with van der Waals surface area (Å²) in [5.41, 5.74) is 2.86. The number of rotatable bonds is 4. The molecule has 1 saturated heterocycles. The van der Waals surface area contributed by atoms with Crippen molar-refractivity contribution in [3.63, 3.8) is 0 Å². The molecule has 5 rings (SSSR count). The monoisotopic (exact) mass is 480 g/mol. The Balaban J connectivity index is 0.000000271. The molecule has 1 aliphatic heterocycles. The van der Waals surface area contributed by atoms with Gasteiger partial charge in [0.25, 0.3) is 0 Å². The third-order valence-electron chi connectivity index (χ3n) is 5.69. The van der Waals surface area contributed by atoms with E-state index in [2.05, 4.69) is 28.0 Å². The lowest BCUT2D eigenvalue weighted by Gasteiger charge is -2.28. The van der Waals surface area contributed by atoms with Crippen LogP contribution in [-0.4, -0.2) is 64.3 Å². The van der Waals surface area contributed by atoms with Gasteiger partial charge in [-0.2, -0.15) is 28.2 Å². The first-order valence-electron chi connectivity index (χ1n) is 11.3. The van der Waals surface area contributed by atoms with E-state index in [0.29, 0.717) is 31.0 Å². The van der Waals surface area contributed by atoms with Gasteiger partial charge >= 0.3 is 6.68 Å². The summed E-state index contributed by atoms with van der Waals surface area (Å²) in [5.74, 6) is 2.04. The SMILES string of the molecule is Cc1cc2c(OCC3CCC3)nc(N3CCOCC3)nc2nc1C.Cn1cccn1.FC(F)F. The Hall–Kier alpha value is -2.95. The van der Waals surface area contributed by atoms with E-state index >= 15 is 0 Å². The number of aryl methyl sites for hydroxylation is 3. The van der Waals surface area contributed by atoms with Crippen LogP contribution in [0.4, 0.5) is 19.1 Å². The largest absolute Gasteiger partial charge is 0.477 e. The van der Waals surface area contributed by atoms with Crippen LogP contribution >= 0.6 is 0 Å². The summed E-state index contributed by atoms with van der Waals surface area (Å²) < 4.78 is 42.3. The lowest BCUT2D eigenvalue weighted by molar-refractivity contribution is 0.00819. The molecule has 3 aromatic heterocycles. The average Bonchev–Trinajstić information content (AvgIpc) is 3.25. The van der Waals surface area contributed by atoms with E-state index in [1.807, 2.05) is 26.2 Å². The summed E-state index contributed by atoms with van der Waals surface area (Å²) in [5, 5.41) is 4.74. The number of aromatic nitrogens is 5. The van der Waals surface area contributed by atoms with Crippen LogP contribution in [0.1, 0.15) is 30.5 Å². The Morgan fingerprint density at radius 3 is 2.35 bits per heavy atom. The Bertz CT molecular complexity index is 1020. The van der Waals surface area contributed by atoms with Crippen LogP contribution in [0.25, 0.3) is 11.0 Å². The molecule has 0 bridgehead atoms. The minimum absolute atomic E-state index is 0.668. The highest BCUT2D eigenvalue weighted by atomic mass is 19.4. The van der Waals surface area contributed by atoms with Gasteiger partial charge < -0.3 is 14.4 Å². The maximum atomic E-state index is 9.67. The number of hydrogen-bond acceptors (Lipinski definition) is 7. The molecule has 4 heterocycles. The molecule has 1 saturated carbocycles. The number of fused-ring (bicyclic) bond motifs is 1. The van der Waals surface area contributed by atoms with E-state index in [1.165, 1.54) is 19.3 Å². The van der Waals surface area contributed by atoms with Gasteiger partial charge in [0.05, 0.1) is 25.2 Å². The third kappa shape index (κ3) is 7.54. The minimum Gasteiger partial charge on any atom is -0.477 e. The third-order valence-corrected chi connectivity index (χ3v) is 5.69. The molecule has 2 fully saturated rings. The molecule has 0 aromatic carbocycles. The van der Waals surface area contributed by atoms with Crippen molar-refractivity contribution in [2.45, 2.75) is 39.8 Å². The second-order valence-corrected chi connectivity index (χ2v) is 8.23. The van der Waals surface area contributed by atoms with Gasteiger partial charge in [0.1, 0.15) is 0 Å². The molecule has 0 spiro atoms. The molecule has 0 N–H and O–H groups in total. The van der Waals surface area contributed by atoms with Gasteiger partial charge in [-0.05, 0) is 50.3 Å². The summed E-state index contributed by atoms with van der Waals surface area (Å²) in [6, 6.07) is 3.98. The molecular formula is C23H31F3N6O2. The fraction of sp³-hybridized carbons (Fsp3) is 0.565. The number of pyridine rings is 1. The van der Waals surface area contributed by atoms with E-state index in [9.17, 15) is 13.2 Å². The predicted octanol–water partition coefficient (Wildman–Crippen LogP) is 4.26. The van der Waals surface area contributed by atoms with E-state index in [0.717, 1.165) is 42.0 Å². The van der Waals surface area contributed by atoms with Crippen LogP contribution in [-0.2, 0) is 11.8 Å². The van der Waals surface area contributed by atoms with Crippen LogP contribution in [0.5, 0.6) is 5.88 Å². The first-order chi connectivity index (χ1) is 16.3. The second kappa shape index (κ2) is 12.5. The van der Waals surface area contributed by atoms with Gasteiger partial charge in [-0.25, -0.2) is 4.98 Å². The molecule has 186 valence electrons. The number of morpholine rings is 1. The lowest BCUT2D eigenvalue weighted by Crippen LogP contribution is -2.37. The number of alkyl halides is 3. The zero-order valence-electron chi connectivity index (χ0n) is 19.8. The molecule has 34 heavy (non-hydrogen) atoms. The molecule has 0 radical (unpaired) electrons. The number of halogens is 3. The van der Waals surface area contributed by atoms with Crippen molar-refractivity contribution in [3.05, 3.63) is 35.8 Å². The zero-order valence-corrected chi connectivity index (χ0v) is 19.8. The summed E-state index contributed by atoms with van der Waals surface area (Å²) in [7, 11) is 1.89. The molecule has 1 aliphatic carbocycles. The summed E-state index contributed by atoms with van der Waals surface area (Å²) in [6.45, 7) is 4.17. The second-order valence-electron chi connectivity index (χ2n) is 8.23. The molecule has 2 aliphatic rings. The Morgan fingerprint density at radius 1 is 1.12 bits per heavy atom. The Kier molecular flexibility index (Phi) is 9.43. The maximum Gasteiger partial charge on any atom is 0.379 e. The van der Waals surface area contributed by atoms with Crippen LogP contribution < -0.4 is 9.64 Å². The van der Waals surface area contributed by atoms with Crippen molar-refractivity contribution in [2.24, 2.45) is 13.0 Å². The topological polar surface area (TPSA) is 78.2 Å². The number of nitrogens with zero attached hydrogens (tertiary/aromatic N) is 6. The highest BCUT2D eigenvalue weighted by Crippen LogP contribution is 2.30. The van der Waals surface area contributed by atoms with Crippen molar-refractivity contribution in [1.82, 2.24) is 24.7 Å². The molecule has 0 amide bonds. The van der Waals surface area contributed by atoms with Crippen LogP contribution in [0, 0.1) is 19.8 Å². The van der Waals surface area contributed by atoms with Crippen molar-refractivity contribution in [3.8, 4) is 5.88 Å². The molecule has 11 heteroatoms. The van der Waals surface area contributed by atoms with E-state index in [-0.39, 0.29) is 0 Å². The van der Waals surface area contributed by atoms with E-state index in [4.69, 9.17) is 19.4 Å². The van der Waals surface area contributed by atoms with Crippen LogP contribution in [0.3, 0.4) is 0 Å². The number of ether oxygens (including phenoxy) is 2. The molecular weight excluding hydrogens is 449 g/mol. The molecule has 8 nitrogen and oxygen atoms in total. The van der Waals surface area contributed by atoms with Gasteiger partial charge in [-0.15, -0.1) is 0 Å². The van der Waals surface area contributed by atoms with Crippen molar-refractivity contribution in [1.29, 1.82) is 0 Å². The van der Waals surface area contributed by atoms with E-state index in [1.54, 1.807) is 10.9 Å². The first-order valence-corrected chi connectivity index (χ1v) is 11.3. The standard InChI is InChI=1S/C18H24N4O2.C4H6N2.CHF3/c1-12-10-15-16(19-13(12)2)20-18(22-6-8-23-9-7-22)21-17(15)24-11-14-4-3-5-14;1-6-4-2-3-5-6;2-1(3)4/h10,14H,3-9,11H2,1-2H3;2-4H,1H3;1H. The van der Waals surface area contributed by atoms with Crippen molar-refractivity contribution >= 4 is 17.0 Å². The smallest absolute Gasteiger partial charge is 0.379 e. The maximum absolute atomic E-state index is 9.67. The normalized spacial score (nSPS) is 15.8. The summed E-state index contributed by atoms with van der Waals surface area (Å²) in [4.78, 5) is 16.2. The van der Waals surface area contributed by atoms with Gasteiger partial charge in [0, 0.05) is 38.2 Å². The molecule has 0 atom stereocenters. The van der Waals surface area contributed by atoms with Gasteiger partial charge in [-0.1, -0.05) is 6.42 Å². The van der Waals surface area contributed by atoms with E-state index < -0.39 is 6.68 Å². The van der Waals surface area contributed by atoms with Crippen molar-refractivity contribution in [2.75, 3.05) is 37.8 Å². The average molecular weight is 481 g/mol. The van der Waals surface area contributed by atoms with Gasteiger partial charge in [0.15, 0.2) is 5.65 Å². The Labute approximate surface area is 197 Å². The number of anilines is 1. The molecule has 0 unspecified atom stereocenters. The van der Waals surface area contributed by atoms with Crippen LogP contribution in [0.15, 0.2) is 24.5 Å². The number of hydrogen-bond donors (Lipinski definition) is 0. The fourth-order valence-corrected chi connectivity index (χ4v) is 3.42. The lowest BCUT2D eigenvalue weighted by atomic mass is 9.86. The quantitative estimate of drug-likeness (QED) is 0.552. The highest BCUT2D eigenvalue weighted by molar-refractivity contribution is 5.82. The fourth-order valence-electron chi connectivity index (χ4n) is 3.42. The summed E-state index contributed by atoms with van der Waals surface area (Å²) >= 11 is 0. The zero-order chi connectivity index (χ0) is 24.5. The first kappa shape index (κ1) is 25.7. The molecule has 3 aromatic rings.